The van der Waals surface area contributed by atoms with Crippen molar-refractivity contribution >= 4 is 46.3 Å². The molecule has 1 amide bonds. The summed E-state index contributed by atoms with van der Waals surface area (Å²) in [5.41, 5.74) is 1.90. The first-order valence-electron chi connectivity index (χ1n) is 7.99. The van der Waals surface area contributed by atoms with Crippen LogP contribution < -0.4 is 5.32 Å². The molecular weight excluding hydrogens is 409 g/mol. The molecule has 0 aliphatic rings. The SMILES string of the molecule is O=C(Nc1c(-c2nc3ccccc3[nH]2)sc(=S)n1-c1ccccc1)C(F)(F)F. The number of carbonyl (C=O) groups excluding carboxylic acids is 1. The molecule has 2 aromatic carbocycles. The van der Waals surface area contributed by atoms with Crippen LogP contribution in [0.1, 0.15) is 0 Å². The van der Waals surface area contributed by atoms with Crippen LogP contribution in [-0.4, -0.2) is 26.6 Å². The smallest absolute Gasteiger partial charge is 0.337 e. The number of para-hydroxylation sites is 3. The highest BCUT2D eigenvalue weighted by Crippen LogP contribution is 2.37. The van der Waals surface area contributed by atoms with E-state index in [2.05, 4.69) is 9.97 Å². The number of hydrogen-bond acceptors (Lipinski definition) is 4. The summed E-state index contributed by atoms with van der Waals surface area (Å²) in [6.45, 7) is 0. The van der Waals surface area contributed by atoms with E-state index in [9.17, 15) is 18.0 Å². The van der Waals surface area contributed by atoms with Crippen molar-refractivity contribution < 1.29 is 18.0 Å². The minimum Gasteiger partial charge on any atom is -0.337 e. The Labute approximate surface area is 165 Å². The predicted octanol–water partition coefficient (Wildman–Crippen LogP) is 5.31. The predicted molar refractivity (Wildman–Crippen MR) is 104 cm³/mol. The number of fused-ring (bicyclic) bond motifs is 1. The Kier molecular flexibility index (Phi) is 4.52. The fourth-order valence-corrected chi connectivity index (χ4v) is 4.04. The molecular formula is C18H11F3N4OS2. The van der Waals surface area contributed by atoms with Crippen LogP contribution in [0.3, 0.4) is 0 Å². The average Bonchev–Trinajstić information content (AvgIpc) is 3.22. The van der Waals surface area contributed by atoms with Gasteiger partial charge < -0.3 is 10.3 Å². The Morgan fingerprint density at radius 3 is 2.46 bits per heavy atom. The van der Waals surface area contributed by atoms with Crippen molar-refractivity contribution in [2.24, 2.45) is 0 Å². The molecule has 4 aromatic rings. The Morgan fingerprint density at radius 2 is 1.79 bits per heavy atom. The maximum Gasteiger partial charge on any atom is 0.471 e. The van der Waals surface area contributed by atoms with Crippen molar-refractivity contribution in [3.63, 3.8) is 0 Å². The van der Waals surface area contributed by atoms with E-state index in [4.69, 9.17) is 12.2 Å². The van der Waals surface area contributed by atoms with Crippen LogP contribution >= 0.6 is 23.6 Å². The molecule has 2 N–H and O–H groups in total. The summed E-state index contributed by atoms with van der Waals surface area (Å²) in [5, 5.41) is 1.96. The van der Waals surface area contributed by atoms with Gasteiger partial charge in [-0.3, -0.25) is 9.36 Å². The van der Waals surface area contributed by atoms with E-state index in [1.165, 1.54) is 4.57 Å². The standard InChI is InChI=1S/C18H11F3N4OS2/c19-18(20,21)16(26)24-15-13(14-22-11-8-4-5-9-12(11)23-14)28-17(27)25(15)10-6-2-1-3-7-10/h1-9H,(H,22,23)(H,24,26). The van der Waals surface area contributed by atoms with E-state index in [1.807, 2.05) is 11.4 Å². The van der Waals surface area contributed by atoms with E-state index in [-0.39, 0.29) is 9.77 Å². The summed E-state index contributed by atoms with van der Waals surface area (Å²) in [4.78, 5) is 19.5. The molecule has 0 atom stereocenters. The Hall–Kier alpha value is -2.98. The fourth-order valence-electron chi connectivity index (χ4n) is 2.70. The molecule has 0 aliphatic carbocycles. The van der Waals surface area contributed by atoms with E-state index in [0.717, 1.165) is 16.9 Å². The normalized spacial score (nSPS) is 11.7. The third-order valence-electron chi connectivity index (χ3n) is 3.92. The number of imidazole rings is 1. The average molecular weight is 420 g/mol. The van der Waals surface area contributed by atoms with Crippen LogP contribution in [0.15, 0.2) is 54.6 Å². The van der Waals surface area contributed by atoms with Crippen molar-refractivity contribution in [2.45, 2.75) is 6.18 Å². The highest BCUT2D eigenvalue weighted by molar-refractivity contribution is 7.73. The molecule has 2 aromatic heterocycles. The molecule has 142 valence electrons. The zero-order valence-electron chi connectivity index (χ0n) is 13.9. The second kappa shape index (κ2) is 6.88. The van der Waals surface area contributed by atoms with Gasteiger partial charge in [-0.1, -0.05) is 41.7 Å². The van der Waals surface area contributed by atoms with Gasteiger partial charge in [0.1, 0.15) is 10.7 Å². The molecule has 0 bridgehead atoms. The van der Waals surface area contributed by atoms with Crippen LogP contribution in [0, 0.1) is 3.95 Å². The minimum absolute atomic E-state index is 0.0809. The zero-order valence-corrected chi connectivity index (χ0v) is 15.6. The molecule has 0 spiro atoms. The monoisotopic (exact) mass is 420 g/mol. The molecule has 0 fully saturated rings. The summed E-state index contributed by atoms with van der Waals surface area (Å²) in [5.74, 6) is -1.84. The van der Waals surface area contributed by atoms with Gasteiger partial charge in [-0.05, 0) is 36.5 Å². The van der Waals surface area contributed by atoms with E-state index >= 15 is 0 Å². The molecule has 0 saturated carbocycles. The quantitative estimate of drug-likeness (QED) is 0.442. The number of thiazole rings is 1. The number of rotatable bonds is 3. The summed E-state index contributed by atoms with van der Waals surface area (Å²) < 4.78 is 40.4. The van der Waals surface area contributed by atoms with Gasteiger partial charge in [0.2, 0.25) is 0 Å². The molecule has 0 unspecified atom stereocenters. The minimum atomic E-state index is -5.04. The fraction of sp³-hybridized carbons (Fsp3) is 0.0556. The highest BCUT2D eigenvalue weighted by Gasteiger charge is 2.40. The van der Waals surface area contributed by atoms with E-state index < -0.39 is 12.1 Å². The maximum absolute atomic E-state index is 12.9. The van der Waals surface area contributed by atoms with Gasteiger partial charge in [0.15, 0.2) is 9.78 Å². The van der Waals surface area contributed by atoms with Crippen molar-refractivity contribution in [3.05, 3.63) is 58.6 Å². The number of nitrogens with one attached hydrogen (secondary N) is 2. The summed E-state index contributed by atoms with van der Waals surface area (Å²) in [6, 6.07) is 15.8. The summed E-state index contributed by atoms with van der Waals surface area (Å²) >= 11 is 6.44. The molecule has 0 radical (unpaired) electrons. The van der Waals surface area contributed by atoms with Crippen LogP contribution in [0.2, 0.25) is 0 Å². The number of H-pyrrole nitrogens is 1. The number of benzene rings is 2. The lowest BCUT2D eigenvalue weighted by atomic mass is 10.3. The first kappa shape index (κ1) is 18.4. The van der Waals surface area contributed by atoms with Crippen LogP contribution in [0.5, 0.6) is 0 Å². The topological polar surface area (TPSA) is 62.7 Å². The van der Waals surface area contributed by atoms with Gasteiger partial charge in [-0.15, -0.1) is 0 Å². The van der Waals surface area contributed by atoms with Gasteiger partial charge >= 0.3 is 12.1 Å². The highest BCUT2D eigenvalue weighted by atomic mass is 32.1. The number of aromatic nitrogens is 3. The largest absolute Gasteiger partial charge is 0.471 e. The number of amides is 1. The van der Waals surface area contributed by atoms with Gasteiger partial charge in [0, 0.05) is 5.69 Å². The van der Waals surface area contributed by atoms with Crippen molar-refractivity contribution in [1.29, 1.82) is 0 Å². The van der Waals surface area contributed by atoms with Gasteiger partial charge in [-0.2, -0.15) is 13.2 Å². The molecule has 10 heteroatoms. The lowest BCUT2D eigenvalue weighted by Crippen LogP contribution is -2.31. The number of aromatic amines is 1. The number of carbonyl (C=O) groups is 1. The Balaban J connectivity index is 1.93. The summed E-state index contributed by atoms with van der Waals surface area (Å²) in [6.07, 6.45) is -5.04. The van der Waals surface area contributed by atoms with Crippen molar-refractivity contribution in [3.8, 4) is 16.4 Å². The molecule has 28 heavy (non-hydrogen) atoms. The van der Waals surface area contributed by atoms with E-state index in [0.29, 0.717) is 21.9 Å². The molecule has 0 aliphatic heterocycles. The zero-order chi connectivity index (χ0) is 19.9. The van der Waals surface area contributed by atoms with Gasteiger partial charge in [0.25, 0.3) is 0 Å². The third kappa shape index (κ3) is 3.32. The Bertz CT molecular complexity index is 1190. The van der Waals surface area contributed by atoms with Crippen molar-refractivity contribution in [1.82, 2.24) is 14.5 Å². The lowest BCUT2D eigenvalue weighted by molar-refractivity contribution is -0.167. The van der Waals surface area contributed by atoms with Crippen molar-refractivity contribution in [2.75, 3.05) is 5.32 Å². The van der Waals surface area contributed by atoms with Crippen LogP contribution in [0.25, 0.3) is 27.4 Å². The molecule has 5 nitrogen and oxygen atoms in total. The summed E-state index contributed by atoms with van der Waals surface area (Å²) in [7, 11) is 0. The maximum atomic E-state index is 12.9. The lowest BCUT2D eigenvalue weighted by Gasteiger charge is -2.12. The molecule has 4 rings (SSSR count). The Morgan fingerprint density at radius 1 is 1.11 bits per heavy atom. The number of anilines is 1. The number of halogens is 3. The van der Waals surface area contributed by atoms with Crippen LogP contribution in [0.4, 0.5) is 19.0 Å². The van der Waals surface area contributed by atoms with Crippen LogP contribution in [-0.2, 0) is 4.79 Å². The third-order valence-corrected chi connectivity index (χ3v) is 5.30. The first-order valence-corrected chi connectivity index (χ1v) is 9.21. The second-order valence-electron chi connectivity index (χ2n) is 5.77. The molecule has 2 heterocycles. The van der Waals surface area contributed by atoms with E-state index in [1.54, 1.807) is 48.5 Å². The number of nitrogens with zero attached hydrogens (tertiary/aromatic N) is 2. The molecule has 0 saturated heterocycles. The second-order valence-corrected chi connectivity index (χ2v) is 7.42. The first-order chi connectivity index (χ1) is 13.3. The number of hydrogen-bond donors (Lipinski definition) is 2. The van der Waals surface area contributed by atoms with Gasteiger partial charge in [-0.25, -0.2) is 4.98 Å². The number of alkyl halides is 3. The van der Waals surface area contributed by atoms with Gasteiger partial charge in [0.05, 0.1) is 11.0 Å².